The molecule has 0 aromatic heterocycles. The predicted octanol–water partition coefficient (Wildman–Crippen LogP) is 4.92. The first-order chi connectivity index (χ1) is 7.99. The summed E-state index contributed by atoms with van der Waals surface area (Å²) < 4.78 is 0. The largest absolute Gasteiger partial charge is 0.165 e. The van der Waals surface area contributed by atoms with Crippen LogP contribution in [0.4, 0.5) is 0 Å². The number of thioether (sulfide) groups is 1. The molecule has 4 atom stereocenters. The Morgan fingerprint density at radius 1 is 1.00 bits per heavy atom. The molecule has 0 bridgehead atoms. The monoisotopic (exact) mass is 250 g/mol. The summed E-state index contributed by atoms with van der Waals surface area (Å²) in [5.74, 6) is 4.78. The van der Waals surface area contributed by atoms with Crippen LogP contribution in [0.25, 0.3) is 0 Å². The highest BCUT2D eigenvalue weighted by atomic mass is 32.2. The molecule has 17 heavy (non-hydrogen) atoms. The van der Waals surface area contributed by atoms with Crippen LogP contribution in [0.3, 0.4) is 0 Å². The molecule has 0 aliphatic heterocycles. The van der Waals surface area contributed by atoms with E-state index in [4.69, 9.17) is 0 Å². The van der Waals surface area contributed by atoms with Gasteiger partial charge >= 0.3 is 0 Å². The molecule has 0 aromatic rings. The van der Waals surface area contributed by atoms with Crippen LogP contribution in [0.15, 0.2) is 22.3 Å². The Balaban J connectivity index is 2.41. The maximum atomic E-state index is 2.46. The van der Waals surface area contributed by atoms with E-state index in [0.717, 1.165) is 23.7 Å². The first-order valence-corrected chi connectivity index (χ1v) is 8.22. The molecule has 2 aliphatic carbocycles. The Bertz CT molecular complexity index is 375. The molecule has 2 aliphatic rings. The standard InChI is InChI=1S/C16H26S/c1-9-7-14(8-17-6)16-13(5)11(3)10(2)12(4)15(9)16/h9,14-16H,7-8H2,1-6H3. The topological polar surface area (TPSA) is 0 Å². The van der Waals surface area contributed by atoms with E-state index in [1.807, 2.05) is 11.8 Å². The van der Waals surface area contributed by atoms with Crippen LogP contribution in [0.1, 0.15) is 41.0 Å². The fourth-order valence-corrected chi connectivity index (χ4v) is 4.99. The number of hydrogen-bond acceptors (Lipinski definition) is 1. The van der Waals surface area contributed by atoms with Gasteiger partial charge in [-0.25, -0.2) is 0 Å². The van der Waals surface area contributed by atoms with Crippen LogP contribution in [0.2, 0.25) is 0 Å². The van der Waals surface area contributed by atoms with E-state index in [9.17, 15) is 0 Å². The summed E-state index contributed by atoms with van der Waals surface area (Å²) in [6.45, 7) is 11.9. The van der Waals surface area contributed by atoms with Crippen molar-refractivity contribution in [2.45, 2.75) is 41.0 Å². The maximum Gasteiger partial charge on any atom is -0.00359 e. The number of allylic oxidation sites excluding steroid dienone is 4. The van der Waals surface area contributed by atoms with Gasteiger partial charge in [0.1, 0.15) is 0 Å². The third-order valence-corrected chi connectivity index (χ3v) is 6.07. The van der Waals surface area contributed by atoms with Gasteiger partial charge in [0, 0.05) is 0 Å². The van der Waals surface area contributed by atoms with Crippen LogP contribution in [-0.2, 0) is 0 Å². The van der Waals surface area contributed by atoms with Crippen molar-refractivity contribution in [2.75, 3.05) is 12.0 Å². The van der Waals surface area contributed by atoms with Crippen molar-refractivity contribution in [3.8, 4) is 0 Å². The SMILES string of the molecule is CSCC1CC(C)C2C(C)=C(C)C(C)=C(C)C12. The van der Waals surface area contributed by atoms with E-state index in [2.05, 4.69) is 40.9 Å². The quantitative estimate of drug-likeness (QED) is 0.670. The fourth-order valence-electron chi connectivity index (χ4n) is 4.21. The second kappa shape index (κ2) is 4.84. The van der Waals surface area contributed by atoms with Crippen molar-refractivity contribution in [1.29, 1.82) is 0 Å². The molecule has 4 unspecified atom stereocenters. The molecule has 0 heterocycles. The highest BCUT2D eigenvalue weighted by molar-refractivity contribution is 7.98. The lowest BCUT2D eigenvalue weighted by Gasteiger charge is -2.35. The Labute approximate surface area is 111 Å². The van der Waals surface area contributed by atoms with Crippen LogP contribution in [-0.4, -0.2) is 12.0 Å². The molecule has 0 nitrogen and oxygen atoms in total. The Hall–Kier alpha value is -0.170. The Morgan fingerprint density at radius 3 is 2.06 bits per heavy atom. The second-order valence-corrected chi connectivity index (χ2v) is 7.01. The van der Waals surface area contributed by atoms with E-state index >= 15 is 0 Å². The Kier molecular flexibility index (Phi) is 3.77. The fraction of sp³-hybridized carbons (Fsp3) is 0.750. The summed E-state index contributed by atoms with van der Waals surface area (Å²) >= 11 is 2.02. The molecule has 96 valence electrons. The van der Waals surface area contributed by atoms with Crippen LogP contribution in [0.5, 0.6) is 0 Å². The van der Waals surface area contributed by atoms with Gasteiger partial charge < -0.3 is 0 Å². The summed E-state index contributed by atoms with van der Waals surface area (Å²) in [5.41, 5.74) is 6.50. The smallest absolute Gasteiger partial charge is 0.00359 e. The number of fused-ring (bicyclic) bond motifs is 1. The van der Waals surface area contributed by atoms with Gasteiger partial charge in [-0.1, -0.05) is 18.1 Å². The van der Waals surface area contributed by atoms with Crippen molar-refractivity contribution in [1.82, 2.24) is 0 Å². The minimum Gasteiger partial charge on any atom is -0.165 e. The van der Waals surface area contributed by atoms with Crippen LogP contribution >= 0.6 is 11.8 Å². The molecule has 0 radical (unpaired) electrons. The summed E-state index contributed by atoms with van der Waals surface area (Å²) in [6, 6.07) is 0. The lowest BCUT2D eigenvalue weighted by atomic mass is 9.71. The van der Waals surface area contributed by atoms with Crippen molar-refractivity contribution in [2.24, 2.45) is 23.7 Å². The van der Waals surface area contributed by atoms with E-state index in [1.165, 1.54) is 12.2 Å². The molecule has 0 spiro atoms. The van der Waals surface area contributed by atoms with Crippen molar-refractivity contribution >= 4 is 11.8 Å². The summed E-state index contributed by atoms with van der Waals surface area (Å²) in [7, 11) is 0. The zero-order valence-electron chi connectivity index (χ0n) is 12.1. The second-order valence-electron chi connectivity index (χ2n) is 6.10. The van der Waals surface area contributed by atoms with Gasteiger partial charge in [-0.05, 0) is 80.9 Å². The molecule has 1 heteroatoms. The zero-order chi connectivity index (χ0) is 12.7. The molecule has 1 saturated carbocycles. The molecular weight excluding hydrogens is 224 g/mol. The van der Waals surface area contributed by atoms with Gasteiger partial charge in [0.05, 0.1) is 0 Å². The molecular formula is C16H26S. The minimum atomic E-state index is 0.829. The van der Waals surface area contributed by atoms with E-state index in [-0.39, 0.29) is 0 Å². The van der Waals surface area contributed by atoms with E-state index < -0.39 is 0 Å². The molecule has 0 N–H and O–H groups in total. The third-order valence-electron chi connectivity index (χ3n) is 5.31. The van der Waals surface area contributed by atoms with Gasteiger partial charge in [-0.15, -0.1) is 0 Å². The van der Waals surface area contributed by atoms with E-state index in [1.54, 1.807) is 22.3 Å². The van der Waals surface area contributed by atoms with Gasteiger partial charge in [-0.3, -0.25) is 0 Å². The normalized spacial score (nSPS) is 37.8. The lowest BCUT2D eigenvalue weighted by Crippen LogP contribution is -2.25. The molecule has 2 rings (SSSR count). The Morgan fingerprint density at radius 2 is 1.53 bits per heavy atom. The summed E-state index contributed by atoms with van der Waals surface area (Å²) in [4.78, 5) is 0. The van der Waals surface area contributed by atoms with Gasteiger partial charge in [0.25, 0.3) is 0 Å². The van der Waals surface area contributed by atoms with Crippen molar-refractivity contribution in [3.05, 3.63) is 22.3 Å². The summed E-state index contributed by atoms with van der Waals surface area (Å²) in [6.07, 6.45) is 3.67. The maximum absolute atomic E-state index is 2.46. The van der Waals surface area contributed by atoms with Crippen molar-refractivity contribution in [3.63, 3.8) is 0 Å². The first kappa shape index (κ1) is 13.3. The van der Waals surface area contributed by atoms with Gasteiger partial charge in [0.2, 0.25) is 0 Å². The lowest BCUT2D eigenvalue weighted by molar-refractivity contribution is 0.382. The molecule has 0 amide bonds. The average Bonchev–Trinajstić information content (AvgIpc) is 2.61. The third kappa shape index (κ3) is 2.01. The minimum absolute atomic E-state index is 0.829. The first-order valence-electron chi connectivity index (χ1n) is 6.83. The zero-order valence-corrected chi connectivity index (χ0v) is 12.9. The van der Waals surface area contributed by atoms with Crippen molar-refractivity contribution < 1.29 is 0 Å². The highest BCUT2D eigenvalue weighted by Gasteiger charge is 2.44. The molecule has 0 saturated heterocycles. The molecule has 1 fully saturated rings. The van der Waals surface area contributed by atoms with Crippen LogP contribution in [0, 0.1) is 23.7 Å². The van der Waals surface area contributed by atoms with Gasteiger partial charge in [0.15, 0.2) is 0 Å². The van der Waals surface area contributed by atoms with Crippen LogP contribution < -0.4 is 0 Å². The van der Waals surface area contributed by atoms with E-state index in [0.29, 0.717) is 0 Å². The highest BCUT2D eigenvalue weighted by Crippen LogP contribution is 2.53. The number of hydrogen-bond donors (Lipinski definition) is 0. The predicted molar refractivity (Wildman–Crippen MR) is 79.4 cm³/mol. The molecule has 0 aromatic carbocycles. The summed E-state index contributed by atoms with van der Waals surface area (Å²) in [5, 5.41) is 0. The van der Waals surface area contributed by atoms with Gasteiger partial charge in [-0.2, -0.15) is 11.8 Å². The average molecular weight is 250 g/mol. The number of rotatable bonds is 2.